The van der Waals surface area contributed by atoms with Crippen molar-refractivity contribution >= 4 is 40.1 Å². The Morgan fingerprint density at radius 1 is 1.18 bits per heavy atom. The van der Waals surface area contributed by atoms with Gasteiger partial charge in [-0.3, -0.25) is 15.1 Å². The average Bonchev–Trinajstić information content (AvgIpc) is 2.83. The summed E-state index contributed by atoms with van der Waals surface area (Å²) in [4.78, 5) is 26.5. The molecular formula is C26H27ClN6O. The molecule has 0 spiro atoms. The Labute approximate surface area is 204 Å². The molecule has 2 aromatic carbocycles. The Balaban J connectivity index is 1.64. The second-order valence-electron chi connectivity index (χ2n) is 8.73. The zero-order valence-electron chi connectivity index (χ0n) is 19.5. The van der Waals surface area contributed by atoms with Gasteiger partial charge >= 0.3 is 0 Å². The van der Waals surface area contributed by atoms with Gasteiger partial charge in [-0.15, -0.1) is 0 Å². The van der Waals surface area contributed by atoms with Crippen molar-refractivity contribution in [2.75, 3.05) is 19.6 Å². The van der Waals surface area contributed by atoms with Crippen LogP contribution in [0.15, 0.2) is 59.6 Å². The summed E-state index contributed by atoms with van der Waals surface area (Å²) < 4.78 is 0. The molecule has 4 rings (SSSR count). The average molecular weight is 475 g/mol. The molecule has 7 nitrogen and oxygen atoms in total. The first kappa shape index (κ1) is 23.5. The van der Waals surface area contributed by atoms with Crippen molar-refractivity contribution in [3.8, 4) is 6.19 Å². The van der Waals surface area contributed by atoms with E-state index in [0.717, 1.165) is 22.3 Å². The Morgan fingerprint density at radius 3 is 2.65 bits per heavy atom. The van der Waals surface area contributed by atoms with Gasteiger partial charge in [-0.1, -0.05) is 31.5 Å². The summed E-state index contributed by atoms with van der Waals surface area (Å²) in [5.74, 6) is 0.681. The molecule has 1 aliphatic rings. The maximum atomic E-state index is 13.1. The van der Waals surface area contributed by atoms with Gasteiger partial charge in [0.05, 0.1) is 17.2 Å². The molecule has 1 aromatic heterocycles. The molecule has 1 saturated heterocycles. The largest absolute Gasteiger partial charge is 0.335 e. The molecule has 1 atom stereocenters. The molecule has 0 bridgehead atoms. The number of guanidine groups is 1. The molecule has 0 radical (unpaired) electrons. The zero-order valence-corrected chi connectivity index (χ0v) is 20.3. The van der Waals surface area contributed by atoms with Crippen LogP contribution in [0, 0.1) is 24.3 Å². The third-order valence-corrected chi connectivity index (χ3v) is 6.33. The monoisotopic (exact) mass is 474 g/mol. The first-order chi connectivity index (χ1) is 16.4. The van der Waals surface area contributed by atoms with Gasteiger partial charge in [-0.05, 0) is 61.4 Å². The first-order valence-electron chi connectivity index (χ1n) is 11.3. The number of hydrogen-bond donors (Lipinski definition) is 1. The van der Waals surface area contributed by atoms with E-state index in [4.69, 9.17) is 16.6 Å². The van der Waals surface area contributed by atoms with Crippen LogP contribution in [0.4, 0.5) is 5.69 Å². The first-order valence-corrected chi connectivity index (χ1v) is 11.7. The van der Waals surface area contributed by atoms with Gasteiger partial charge in [0.15, 0.2) is 6.19 Å². The predicted octanol–water partition coefficient (Wildman–Crippen LogP) is 4.74. The number of nitriles is 1. The summed E-state index contributed by atoms with van der Waals surface area (Å²) in [5.41, 5.74) is 3.15. The standard InChI is InChI=1S/C26H27ClN6O/c1-17(2)24-15-32(25(34)19-8-10-20(27)11-9-19)13-14-33(24)26(29-16-28)31-23-6-4-5-22-21(23)12-7-18(3)30-22/h4-12,17,24H,13-15H2,1-3H3,(H,29,31). The van der Waals surface area contributed by atoms with Crippen molar-refractivity contribution in [2.45, 2.75) is 26.8 Å². The molecule has 3 aromatic rings. The number of amides is 1. The molecule has 34 heavy (non-hydrogen) atoms. The molecule has 2 heterocycles. The maximum absolute atomic E-state index is 13.1. The van der Waals surface area contributed by atoms with Crippen LogP contribution in [0.25, 0.3) is 10.9 Å². The normalized spacial score (nSPS) is 16.6. The smallest absolute Gasteiger partial charge is 0.253 e. The molecular weight excluding hydrogens is 448 g/mol. The van der Waals surface area contributed by atoms with Gasteiger partial charge in [-0.25, -0.2) is 4.99 Å². The molecule has 8 heteroatoms. The minimum Gasteiger partial charge on any atom is -0.335 e. The van der Waals surface area contributed by atoms with Crippen LogP contribution in [0.3, 0.4) is 0 Å². The van der Waals surface area contributed by atoms with Crippen LogP contribution >= 0.6 is 11.6 Å². The summed E-state index contributed by atoms with van der Waals surface area (Å²) in [5, 5.41) is 13.8. The number of pyridine rings is 1. The molecule has 0 aliphatic carbocycles. The van der Waals surface area contributed by atoms with Crippen LogP contribution in [0.5, 0.6) is 0 Å². The Bertz CT molecular complexity index is 1260. The minimum absolute atomic E-state index is 0.0139. The van der Waals surface area contributed by atoms with E-state index in [0.29, 0.717) is 36.2 Å². The Kier molecular flexibility index (Phi) is 6.99. The third kappa shape index (κ3) is 4.97. The fourth-order valence-electron chi connectivity index (χ4n) is 4.27. The van der Waals surface area contributed by atoms with Crippen LogP contribution < -0.4 is 5.32 Å². The number of benzene rings is 2. The Hall–Kier alpha value is -3.63. The number of carbonyl (C=O) groups excluding carboxylic acids is 1. The van der Waals surface area contributed by atoms with Crippen molar-refractivity contribution in [1.82, 2.24) is 20.1 Å². The maximum Gasteiger partial charge on any atom is 0.253 e. The number of fused-ring (bicyclic) bond motifs is 1. The number of nitrogens with one attached hydrogen (secondary N) is 1. The van der Waals surface area contributed by atoms with E-state index >= 15 is 0 Å². The number of nitrogens with zero attached hydrogens (tertiary/aromatic N) is 5. The topological polar surface area (TPSA) is 84.6 Å². The minimum atomic E-state index is -0.0239. The van der Waals surface area contributed by atoms with Crippen LogP contribution in [0.1, 0.15) is 29.9 Å². The molecule has 1 aliphatic heterocycles. The van der Waals surface area contributed by atoms with Gasteiger partial charge in [0.2, 0.25) is 5.96 Å². The van der Waals surface area contributed by atoms with E-state index in [-0.39, 0.29) is 17.9 Å². The van der Waals surface area contributed by atoms with Crippen molar-refractivity contribution in [1.29, 1.82) is 5.26 Å². The second kappa shape index (κ2) is 10.1. The highest BCUT2D eigenvalue weighted by atomic mass is 35.5. The molecule has 1 unspecified atom stereocenters. The van der Waals surface area contributed by atoms with Gasteiger partial charge in [-0.2, -0.15) is 5.26 Å². The second-order valence-corrected chi connectivity index (χ2v) is 9.17. The quantitative estimate of drug-likeness (QED) is 0.256. The van der Waals surface area contributed by atoms with Gasteiger partial charge in [0, 0.05) is 41.3 Å². The van der Waals surface area contributed by atoms with Crippen LogP contribution in [0.2, 0.25) is 5.02 Å². The van der Waals surface area contributed by atoms with Gasteiger partial charge in [0.25, 0.3) is 5.91 Å². The van der Waals surface area contributed by atoms with E-state index in [9.17, 15) is 10.1 Å². The van der Waals surface area contributed by atoms with Crippen LogP contribution in [-0.2, 0) is 0 Å². The van der Waals surface area contributed by atoms with Crippen molar-refractivity contribution < 1.29 is 4.79 Å². The lowest BCUT2D eigenvalue weighted by Crippen LogP contribution is -2.60. The lowest BCUT2D eigenvalue weighted by Gasteiger charge is -2.44. The number of piperazine rings is 1. The number of aryl methyl sites for hydroxylation is 1. The summed E-state index contributed by atoms with van der Waals surface area (Å²) in [6.45, 7) is 7.79. The SMILES string of the molecule is Cc1ccc2c(N=C(NC#N)N3CCN(C(=O)c4ccc(Cl)cc4)CC3C(C)C)cccc2n1. The van der Waals surface area contributed by atoms with Crippen molar-refractivity contribution in [2.24, 2.45) is 10.9 Å². The van der Waals surface area contributed by atoms with Crippen molar-refractivity contribution in [3.05, 3.63) is 70.9 Å². The van der Waals surface area contributed by atoms with Gasteiger partial charge in [0.1, 0.15) is 0 Å². The van der Waals surface area contributed by atoms with Crippen LogP contribution in [-0.4, -0.2) is 52.3 Å². The van der Waals surface area contributed by atoms with Crippen molar-refractivity contribution in [3.63, 3.8) is 0 Å². The summed E-state index contributed by atoms with van der Waals surface area (Å²) in [7, 11) is 0. The highest BCUT2D eigenvalue weighted by Crippen LogP contribution is 2.27. The Morgan fingerprint density at radius 2 is 1.94 bits per heavy atom. The highest BCUT2D eigenvalue weighted by molar-refractivity contribution is 6.30. The molecule has 0 saturated carbocycles. The third-order valence-electron chi connectivity index (χ3n) is 6.08. The fourth-order valence-corrected chi connectivity index (χ4v) is 4.40. The van der Waals surface area contributed by atoms with E-state index in [2.05, 4.69) is 29.0 Å². The van der Waals surface area contributed by atoms with Gasteiger partial charge < -0.3 is 9.80 Å². The summed E-state index contributed by atoms with van der Waals surface area (Å²) >= 11 is 5.98. The molecule has 1 fully saturated rings. The summed E-state index contributed by atoms with van der Waals surface area (Å²) in [6.07, 6.45) is 2.04. The number of rotatable bonds is 3. The number of hydrogen-bond acceptors (Lipinski definition) is 4. The number of aliphatic imine (C=N–C) groups is 1. The van der Waals surface area contributed by atoms with E-state index in [1.165, 1.54) is 0 Å². The van der Waals surface area contributed by atoms with E-state index in [1.807, 2.05) is 48.3 Å². The molecule has 1 amide bonds. The zero-order chi connectivity index (χ0) is 24.2. The fraction of sp³-hybridized carbons (Fsp3) is 0.308. The van der Waals surface area contributed by atoms with E-state index in [1.54, 1.807) is 24.3 Å². The molecule has 174 valence electrons. The van der Waals surface area contributed by atoms with E-state index < -0.39 is 0 Å². The number of aromatic nitrogens is 1. The summed E-state index contributed by atoms with van der Waals surface area (Å²) in [6, 6.07) is 16.7. The predicted molar refractivity (Wildman–Crippen MR) is 135 cm³/mol. The highest BCUT2D eigenvalue weighted by Gasteiger charge is 2.34. The lowest BCUT2D eigenvalue weighted by atomic mass is 9.99. The lowest BCUT2D eigenvalue weighted by molar-refractivity contribution is 0.0555. The molecule has 1 N–H and O–H groups in total. The number of carbonyl (C=O) groups is 1. The number of halogens is 1.